The van der Waals surface area contributed by atoms with E-state index in [4.69, 9.17) is 18.9 Å². The van der Waals surface area contributed by atoms with Crippen LogP contribution in [0.5, 0.6) is 11.5 Å². The number of Topliss-reactive ketones (excluding diaryl/α,β-unsaturated/α-hetero) is 1. The minimum Gasteiger partial charge on any atom is -0.493 e. The summed E-state index contributed by atoms with van der Waals surface area (Å²) in [5, 5.41) is 0. The molecule has 1 aliphatic heterocycles. The summed E-state index contributed by atoms with van der Waals surface area (Å²) in [7, 11) is 3.10. The third kappa shape index (κ3) is 5.55. The van der Waals surface area contributed by atoms with Gasteiger partial charge in [-0.15, -0.1) is 0 Å². The number of ketones is 1. The fourth-order valence-electron chi connectivity index (χ4n) is 3.74. The van der Waals surface area contributed by atoms with Gasteiger partial charge < -0.3 is 23.5 Å². The first-order chi connectivity index (χ1) is 14.9. The van der Waals surface area contributed by atoms with Crippen LogP contribution in [0, 0.1) is 13.8 Å². The number of ether oxygens (including phenoxy) is 4. The molecule has 7 heteroatoms. The minimum atomic E-state index is -0.587. The van der Waals surface area contributed by atoms with E-state index in [2.05, 4.69) is 4.57 Å². The molecule has 1 aliphatic rings. The molecule has 0 spiro atoms. The Morgan fingerprint density at radius 3 is 2.61 bits per heavy atom. The summed E-state index contributed by atoms with van der Waals surface area (Å²) in [4.78, 5) is 24.7. The normalized spacial score (nSPS) is 15.9. The van der Waals surface area contributed by atoms with E-state index < -0.39 is 5.97 Å². The number of carbonyl (C=O) groups is 2. The van der Waals surface area contributed by atoms with Gasteiger partial charge in [-0.3, -0.25) is 4.79 Å². The van der Waals surface area contributed by atoms with Crippen LogP contribution in [0.1, 0.15) is 40.2 Å². The Balaban J connectivity index is 1.58. The second kappa shape index (κ2) is 10.3. The van der Waals surface area contributed by atoms with Crippen LogP contribution in [0.2, 0.25) is 0 Å². The summed E-state index contributed by atoms with van der Waals surface area (Å²) in [6.45, 7) is 5.10. The zero-order valence-electron chi connectivity index (χ0n) is 18.5. The maximum Gasteiger partial charge on any atom is 0.331 e. The summed E-state index contributed by atoms with van der Waals surface area (Å²) in [5.41, 5.74) is 3.19. The van der Waals surface area contributed by atoms with E-state index in [-0.39, 0.29) is 18.5 Å². The summed E-state index contributed by atoms with van der Waals surface area (Å²) >= 11 is 0. The summed E-state index contributed by atoms with van der Waals surface area (Å²) in [6.07, 6.45) is 5.18. The highest BCUT2D eigenvalue weighted by Crippen LogP contribution is 2.28. The third-order valence-corrected chi connectivity index (χ3v) is 5.45. The van der Waals surface area contributed by atoms with Gasteiger partial charge in [0.15, 0.2) is 18.1 Å². The van der Waals surface area contributed by atoms with Gasteiger partial charge in [-0.2, -0.15) is 0 Å². The van der Waals surface area contributed by atoms with E-state index in [1.807, 2.05) is 19.9 Å². The van der Waals surface area contributed by atoms with Gasteiger partial charge in [-0.1, -0.05) is 6.07 Å². The lowest BCUT2D eigenvalue weighted by Crippen LogP contribution is -2.18. The Morgan fingerprint density at radius 1 is 1.16 bits per heavy atom. The van der Waals surface area contributed by atoms with Crippen LogP contribution < -0.4 is 9.47 Å². The topological polar surface area (TPSA) is 76.0 Å². The van der Waals surface area contributed by atoms with Crippen LogP contribution in [0.3, 0.4) is 0 Å². The van der Waals surface area contributed by atoms with Gasteiger partial charge in [0.05, 0.1) is 20.3 Å². The van der Waals surface area contributed by atoms with E-state index in [0.717, 1.165) is 42.9 Å². The van der Waals surface area contributed by atoms with Crippen molar-refractivity contribution in [3.05, 3.63) is 52.9 Å². The maximum absolute atomic E-state index is 12.6. The van der Waals surface area contributed by atoms with E-state index in [1.165, 1.54) is 6.08 Å². The molecule has 1 aromatic heterocycles. The first kappa shape index (κ1) is 22.6. The molecule has 0 N–H and O–H groups in total. The largest absolute Gasteiger partial charge is 0.493 e. The van der Waals surface area contributed by atoms with Gasteiger partial charge >= 0.3 is 5.97 Å². The van der Waals surface area contributed by atoms with Crippen molar-refractivity contribution in [1.82, 2.24) is 4.57 Å². The van der Waals surface area contributed by atoms with Crippen LogP contribution >= 0.6 is 0 Å². The predicted octanol–water partition coefficient (Wildman–Crippen LogP) is 3.74. The molecule has 2 heterocycles. The van der Waals surface area contributed by atoms with Crippen LogP contribution in [-0.2, 0) is 20.8 Å². The molecule has 1 aromatic carbocycles. The van der Waals surface area contributed by atoms with E-state index in [1.54, 1.807) is 38.5 Å². The average Bonchev–Trinajstić information content (AvgIpc) is 3.39. The molecule has 1 atom stereocenters. The molecule has 2 aromatic rings. The number of aryl methyl sites for hydroxylation is 1. The number of rotatable bonds is 9. The maximum atomic E-state index is 12.6. The molecule has 0 bridgehead atoms. The SMILES string of the molecule is COc1ccc(/C=C/C(=O)OCC(=O)c2cc(C)n(CC3CCCO3)c2C)cc1OC. The van der Waals surface area contributed by atoms with Gasteiger partial charge in [0.2, 0.25) is 5.78 Å². The number of hydrogen-bond acceptors (Lipinski definition) is 6. The van der Waals surface area contributed by atoms with Crippen molar-refractivity contribution in [1.29, 1.82) is 0 Å². The van der Waals surface area contributed by atoms with Crippen LogP contribution in [0.25, 0.3) is 6.08 Å². The molecular weight excluding hydrogens is 398 g/mol. The highest BCUT2D eigenvalue weighted by atomic mass is 16.5. The van der Waals surface area contributed by atoms with Gasteiger partial charge in [-0.05, 0) is 56.5 Å². The zero-order chi connectivity index (χ0) is 22.4. The van der Waals surface area contributed by atoms with Crippen molar-refractivity contribution in [3.8, 4) is 11.5 Å². The van der Waals surface area contributed by atoms with Gasteiger partial charge in [0.25, 0.3) is 0 Å². The number of aromatic nitrogens is 1. The third-order valence-electron chi connectivity index (χ3n) is 5.45. The Morgan fingerprint density at radius 2 is 1.94 bits per heavy atom. The number of esters is 1. The lowest BCUT2D eigenvalue weighted by atomic mass is 10.1. The van der Waals surface area contributed by atoms with E-state index in [0.29, 0.717) is 17.1 Å². The van der Waals surface area contributed by atoms with Gasteiger partial charge in [0.1, 0.15) is 0 Å². The molecule has 1 unspecified atom stereocenters. The Bertz CT molecular complexity index is 969. The van der Waals surface area contributed by atoms with Crippen molar-refractivity contribution in [3.63, 3.8) is 0 Å². The quantitative estimate of drug-likeness (QED) is 0.345. The summed E-state index contributed by atoms with van der Waals surface area (Å²) < 4.78 is 23.4. The number of nitrogens with zero attached hydrogens (tertiary/aromatic N) is 1. The molecule has 1 fully saturated rings. The Labute approximate surface area is 182 Å². The van der Waals surface area contributed by atoms with Crippen molar-refractivity contribution in [2.75, 3.05) is 27.4 Å². The van der Waals surface area contributed by atoms with Crippen LogP contribution in [-0.4, -0.2) is 49.9 Å². The second-order valence-corrected chi connectivity index (χ2v) is 7.51. The first-order valence-electron chi connectivity index (χ1n) is 10.3. The fraction of sp³-hybridized carbons (Fsp3) is 0.417. The molecule has 3 rings (SSSR count). The number of hydrogen-bond donors (Lipinski definition) is 0. The zero-order valence-corrected chi connectivity index (χ0v) is 18.5. The molecule has 0 radical (unpaired) electrons. The molecule has 31 heavy (non-hydrogen) atoms. The lowest BCUT2D eigenvalue weighted by molar-refractivity contribution is -0.136. The predicted molar refractivity (Wildman–Crippen MR) is 117 cm³/mol. The average molecular weight is 427 g/mol. The summed E-state index contributed by atoms with van der Waals surface area (Å²) in [5.74, 6) is 0.354. The molecule has 0 aliphatic carbocycles. The molecule has 0 saturated carbocycles. The van der Waals surface area contributed by atoms with Gasteiger partial charge in [-0.25, -0.2) is 4.79 Å². The Kier molecular flexibility index (Phi) is 7.52. The number of carbonyl (C=O) groups excluding carboxylic acids is 2. The van der Waals surface area contributed by atoms with Crippen molar-refractivity contribution in [2.24, 2.45) is 0 Å². The molecular formula is C24H29NO6. The lowest BCUT2D eigenvalue weighted by Gasteiger charge is -2.14. The first-order valence-corrected chi connectivity index (χ1v) is 10.3. The summed E-state index contributed by atoms with van der Waals surface area (Å²) in [6, 6.07) is 7.13. The van der Waals surface area contributed by atoms with Crippen LogP contribution in [0.15, 0.2) is 30.3 Å². The fourth-order valence-corrected chi connectivity index (χ4v) is 3.74. The highest BCUT2D eigenvalue weighted by molar-refractivity contribution is 6.00. The standard InChI is InChI=1S/C24H29NO6/c1-16-12-20(17(2)25(16)14-19-6-5-11-30-19)21(26)15-31-24(27)10-8-18-7-9-22(28-3)23(13-18)29-4/h7-10,12-13,19H,5-6,11,14-15H2,1-4H3/b10-8+. The highest BCUT2D eigenvalue weighted by Gasteiger charge is 2.21. The van der Waals surface area contributed by atoms with Crippen molar-refractivity contribution in [2.45, 2.75) is 39.3 Å². The minimum absolute atomic E-state index is 0.187. The van der Waals surface area contributed by atoms with E-state index >= 15 is 0 Å². The monoisotopic (exact) mass is 427 g/mol. The van der Waals surface area contributed by atoms with Gasteiger partial charge in [0, 0.05) is 36.2 Å². The number of benzene rings is 1. The Hall–Kier alpha value is -3.06. The molecule has 7 nitrogen and oxygen atoms in total. The number of methoxy groups -OCH3 is 2. The molecule has 0 amide bonds. The van der Waals surface area contributed by atoms with Crippen molar-refractivity contribution < 1.29 is 28.5 Å². The molecule has 1 saturated heterocycles. The van der Waals surface area contributed by atoms with E-state index in [9.17, 15) is 9.59 Å². The smallest absolute Gasteiger partial charge is 0.331 e. The molecule has 166 valence electrons. The van der Waals surface area contributed by atoms with Crippen molar-refractivity contribution >= 4 is 17.8 Å². The second-order valence-electron chi connectivity index (χ2n) is 7.51. The van der Waals surface area contributed by atoms with Crippen LogP contribution in [0.4, 0.5) is 0 Å².